The summed E-state index contributed by atoms with van der Waals surface area (Å²) >= 11 is 0. The Kier molecular flexibility index (Phi) is 4.05. The van der Waals surface area contributed by atoms with Gasteiger partial charge in [0.25, 0.3) is 0 Å². The van der Waals surface area contributed by atoms with Crippen LogP contribution in [0.4, 0.5) is 10.1 Å². The summed E-state index contributed by atoms with van der Waals surface area (Å²) in [6, 6.07) is 9.65. The second kappa shape index (κ2) is 5.92. The Bertz CT molecular complexity index is 657. The van der Waals surface area contributed by atoms with E-state index < -0.39 is 10.7 Å². The zero-order valence-corrected chi connectivity index (χ0v) is 10.3. The predicted molar refractivity (Wildman–Crippen MR) is 69.2 cm³/mol. The van der Waals surface area contributed by atoms with E-state index in [-0.39, 0.29) is 23.6 Å². The van der Waals surface area contributed by atoms with Gasteiger partial charge in [0.05, 0.1) is 4.92 Å². The highest BCUT2D eigenvalue weighted by Gasteiger charge is 2.16. The minimum atomic E-state index is -0.631. The van der Waals surface area contributed by atoms with E-state index in [4.69, 9.17) is 4.74 Å². The Balaban J connectivity index is 2.20. The van der Waals surface area contributed by atoms with Gasteiger partial charge in [0.1, 0.15) is 18.7 Å². The molecular weight excluding hydrogens is 265 g/mol. The molecular formula is C14H10FNO4. The van der Waals surface area contributed by atoms with E-state index in [0.29, 0.717) is 11.8 Å². The number of hydrogen-bond donors (Lipinski definition) is 0. The summed E-state index contributed by atoms with van der Waals surface area (Å²) in [4.78, 5) is 20.9. The van der Waals surface area contributed by atoms with Crippen LogP contribution in [0.1, 0.15) is 15.9 Å². The van der Waals surface area contributed by atoms with Gasteiger partial charge in [-0.05, 0) is 29.8 Å². The van der Waals surface area contributed by atoms with Gasteiger partial charge in [-0.25, -0.2) is 4.39 Å². The van der Waals surface area contributed by atoms with E-state index in [0.717, 1.165) is 6.07 Å². The first-order valence-electron chi connectivity index (χ1n) is 5.71. The molecule has 6 heteroatoms. The smallest absolute Gasteiger partial charge is 0.311 e. The first kappa shape index (κ1) is 13.7. The first-order chi connectivity index (χ1) is 9.60. The number of nitrogens with zero attached hydrogens (tertiary/aromatic N) is 1. The van der Waals surface area contributed by atoms with Crippen LogP contribution in [-0.2, 0) is 6.61 Å². The van der Waals surface area contributed by atoms with Crippen molar-refractivity contribution in [2.75, 3.05) is 0 Å². The average molecular weight is 275 g/mol. The Morgan fingerprint density at radius 1 is 1.25 bits per heavy atom. The van der Waals surface area contributed by atoms with Crippen LogP contribution < -0.4 is 4.74 Å². The Labute approximate surface area is 113 Å². The highest BCUT2D eigenvalue weighted by atomic mass is 19.1. The van der Waals surface area contributed by atoms with Crippen LogP contribution in [0, 0.1) is 15.9 Å². The van der Waals surface area contributed by atoms with E-state index in [1.807, 2.05) is 0 Å². The van der Waals surface area contributed by atoms with Crippen molar-refractivity contribution in [2.45, 2.75) is 6.61 Å². The lowest BCUT2D eigenvalue weighted by Gasteiger charge is -2.07. The molecule has 20 heavy (non-hydrogen) atoms. The zero-order valence-electron chi connectivity index (χ0n) is 10.3. The lowest BCUT2D eigenvalue weighted by molar-refractivity contribution is -0.386. The summed E-state index contributed by atoms with van der Waals surface area (Å²) in [6.45, 7) is -0.000956. The van der Waals surface area contributed by atoms with E-state index >= 15 is 0 Å². The largest absolute Gasteiger partial charge is 0.482 e. The van der Waals surface area contributed by atoms with Crippen LogP contribution in [0.15, 0.2) is 42.5 Å². The van der Waals surface area contributed by atoms with Gasteiger partial charge in [0, 0.05) is 11.6 Å². The van der Waals surface area contributed by atoms with Gasteiger partial charge in [0.15, 0.2) is 5.75 Å². The summed E-state index contributed by atoms with van der Waals surface area (Å²) in [7, 11) is 0. The fourth-order valence-corrected chi connectivity index (χ4v) is 1.66. The molecule has 0 saturated heterocycles. The van der Waals surface area contributed by atoms with Crippen LogP contribution in [0.25, 0.3) is 0 Å². The molecule has 0 aromatic heterocycles. The van der Waals surface area contributed by atoms with Gasteiger partial charge in [-0.2, -0.15) is 0 Å². The molecule has 0 saturated carbocycles. The number of halogens is 1. The number of ether oxygens (including phenoxy) is 1. The van der Waals surface area contributed by atoms with Crippen molar-refractivity contribution in [1.29, 1.82) is 0 Å². The minimum Gasteiger partial charge on any atom is -0.482 e. The van der Waals surface area contributed by atoms with Crippen LogP contribution in [0.3, 0.4) is 0 Å². The number of nitro groups is 1. The average Bonchev–Trinajstić information content (AvgIpc) is 2.45. The quantitative estimate of drug-likeness (QED) is 0.477. The van der Waals surface area contributed by atoms with Crippen molar-refractivity contribution in [2.24, 2.45) is 0 Å². The number of rotatable bonds is 5. The van der Waals surface area contributed by atoms with E-state index in [1.165, 1.54) is 30.3 Å². The van der Waals surface area contributed by atoms with Gasteiger partial charge >= 0.3 is 5.69 Å². The van der Waals surface area contributed by atoms with Crippen LogP contribution in [0.2, 0.25) is 0 Å². The molecule has 0 atom stereocenters. The SMILES string of the molecule is O=Cc1ccc(OCc2cccc(F)c2)c([N+](=O)[O-])c1. The number of aldehydes is 1. The maximum Gasteiger partial charge on any atom is 0.311 e. The molecule has 0 fully saturated rings. The maximum atomic E-state index is 13.0. The van der Waals surface area contributed by atoms with Crippen molar-refractivity contribution in [1.82, 2.24) is 0 Å². The summed E-state index contributed by atoms with van der Waals surface area (Å²) in [6.07, 6.45) is 0.517. The molecule has 0 amide bonds. The van der Waals surface area contributed by atoms with Gasteiger partial charge in [-0.3, -0.25) is 14.9 Å². The Morgan fingerprint density at radius 2 is 2.05 bits per heavy atom. The van der Waals surface area contributed by atoms with Gasteiger partial charge in [0.2, 0.25) is 0 Å². The Morgan fingerprint density at radius 3 is 2.70 bits per heavy atom. The second-order valence-corrected chi connectivity index (χ2v) is 4.02. The van der Waals surface area contributed by atoms with E-state index in [2.05, 4.69) is 0 Å². The fraction of sp³-hybridized carbons (Fsp3) is 0.0714. The predicted octanol–water partition coefficient (Wildman–Crippen LogP) is 3.13. The molecule has 5 nitrogen and oxygen atoms in total. The van der Waals surface area contributed by atoms with E-state index in [1.54, 1.807) is 6.07 Å². The van der Waals surface area contributed by atoms with Crippen molar-refractivity contribution in [3.8, 4) is 5.75 Å². The summed E-state index contributed by atoms with van der Waals surface area (Å²) in [5.74, 6) is -0.373. The maximum absolute atomic E-state index is 13.0. The number of carbonyl (C=O) groups is 1. The van der Waals surface area contributed by atoms with Crippen LogP contribution in [-0.4, -0.2) is 11.2 Å². The van der Waals surface area contributed by atoms with E-state index in [9.17, 15) is 19.3 Å². The molecule has 0 spiro atoms. The minimum absolute atomic E-state index is 0.000956. The topological polar surface area (TPSA) is 69.4 Å². The first-order valence-corrected chi connectivity index (χ1v) is 5.71. The third kappa shape index (κ3) is 3.17. The normalized spacial score (nSPS) is 10.1. The highest BCUT2D eigenvalue weighted by molar-refractivity contribution is 5.77. The lowest BCUT2D eigenvalue weighted by atomic mass is 10.2. The summed E-state index contributed by atoms with van der Waals surface area (Å²) in [5, 5.41) is 10.9. The van der Waals surface area contributed by atoms with Gasteiger partial charge < -0.3 is 4.74 Å². The summed E-state index contributed by atoms with van der Waals surface area (Å²) in [5.41, 5.74) is 0.444. The molecule has 0 aliphatic carbocycles. The standard InChI is InChI=1S/C14H10FNO4/c15-12-3-1-2-11(6-12)9-20-14-5-4-10(8-17)7-13(14)16(18)19/h1-8H,9H2. The molecule has 2 aromatic rings. The molecule has 2 aromatic carbocycles. The molecule has 0 aliphatic rings. The molecule has 0 aliphatic heterocycles. The third-order valence-electron chi connectivity index (χ3n) is 2.60. The number of hydrogen-bond acceptors (Lipinski definition) is 4. The molecule has 0 radical (unpaired) electrons. The number of nitro benzene ring substituents is 1. The van der Waals surface area contributed by atoms with Crippen molar-refractivity contribution < 1.29 is 18.8 Å². The summed E-state index contributed by atoms with van der Waals surface area (Å²) < 4.78 is 18.3. The van der Waals surface area contributed by atoms with Crippen LogP contribution in [0.5, 0.6) is 5.75 Å². The number of benzene rings is 2. The second-order valence-electron chi connectivity index (χ2n) is 4.02. The molecule has 0 bridgehead atoms. The molecule has 2 rings (SSSR count). The lowest BCUT2D eigenvalue weighted by Crippen LogP contribution is -2.00. The van der Waals surface area contributed by atoms with Gasteiger partial charge in [-0.1, -0.05) is 12.1 Å². The Hall–Kier alpha value is -2.76. The molecule has 102 valence electrons. The van der Waals surface area contributed by atoms with Gasteiger partial charge in [-0.15, -0.1) is 0 Å². The van der Waals surface area contributed by atoms with Crippen molar-refractivity contribution in [3.63, 3.8) is 0 Å². The number of carbonyl (C=O) groups excluding carboxylic acids is 1. The fourth-order valence-electron chi connectivity index (χ4n) is 1.66. The molecule has 0 unspecified atom stereocenters. The molecule has 0 heterocycles. The van der Waals surface area contributed by atoms with Crippen molar-refractivity contribution >= 4 is 12.0 Å². The van der Waals surface area contributed by atoms with Crippen LogP contribution >= 0.6 is 0 Å². The monoisotopic (exact) mass is 275 g/mol. The highest BCUT2D eigenvalue weighted by Crippen LogP contribution is 2.28. The molecule has 0 N–H and O–H groups in total. The third-order valence-corrected chi connectivity index (χ3v) is 2.60. The zero-order chi connectivity index (χ0) is 14.5. The van der Waals surface area contributed by atoms with Crippen molar-refractivity contribution in [3.05, 3.63) is 69.5 Å².